The maximum absolute atomic E-state index is 12.7. The second-order valence-electron chi connectivity index (χ2n) is 2.78. The van der Waals surface area contributed by atoms with Gasteiger partial charge in [-0.1, -0.05) is 11.4 Å². The molecule has 1 nitrogen and oxygen atoms in total. The summed E-state index contributed by atoms with van der Waals surface area (Å²) in [4.78, 5) is 0. The van der Waals surface area contributed by atoms with Gasteiger partial charge in [-0.2, -0.15) is 0 Å². The molecule has 0 aliphatic carbocycles. The zero-order valence-corrected chi connectivity index (χ0v) is 14.5. The minimum atomic E-state index is -5.48. The van der Waals surface area contributed by atoms with Crippen LogP contribution in [0.1, 0.15) is 0 Å². The molecule has 0 heterocycles. The van der Waals surface area contributed by atoms with Gasteiger partial charge in [0.2, 0.25) is 0 Å². The predicted octanol–water partition coefficient (Wildman–Crippen LogP) is -0.963. The van der Waals surface area contributed by atoms with Crippen LogP contribution in [-0.2, 0) is 0 Å². The van der Waals surface area contributed by atoms with E-state index in [9.17, 15) is 30.6 Å². The normalized spacial score (nSPS) is 10.7. The molecule has 1 aromatic rings. The van der Waals surface area contributed by atoms with Gasteiger partial charge in [0.25, 0.3) is 0 Å². The Kier molecular flexibility index (Phi) is 6.10. The van der Waals surface area contributed by atoms with Crippen LogP contribution in [0.5, 0.6) is 0 Å². The van der Waals surface area contributed by atoms with Gasteiger partial charge in [-0.15, -0.1) is 0 Å². The third-order valence-electron chi connectivity index (χ3n) is 1.77. The van der Waals surface area contributed by atoms with Crippen LogP contribution < -0.4 is 74.4 Å². The van der Waals surface area contributed by atoms with E-state index in [2.05, 4.69) is 0 Å². The molecule has 0 spiro atoms. The van der Waals surface area contributed by atoms with Crippen LogP contribution in [0.4, 0.5) is 30.6 Å². The average molecular weight is 375 g/mol. The summed E-state index contributed by atoms with van der Waals surface area (Å²) in [6, 6.07) is 0. The van der Waals surface area contributed by atoms with Crippen molar-refractivity contribution >= 4 is 12.2 Å². The quantitative estimate of drug-likeness (QED) is 0.269. The molecule has 0 fully saturated rings. The molecule has 0 radical (unpaired) electrons. The molecule has 0 N–H and O–H groups in total. The van der Waals surface area contributed by atoms with Crippen molar-refractivity contribution in [2.24, 2.45) is 0 Å². The molecule has 0 bridgehead atoms. The van der Waals surface area contributed by atoms with E-state index in [1.807, 2.05) is 0 Å². The zero-order chi connectivity index (χ0) is 12.7. The molecule has 0 aliphatic heterocycles. The number of rotatable bonds is 1. The van der Waals surface area contributed by atoms with Crippen molar-refractivity contribution in [1.29, 1.82) is 5.26 Å². The van der Waals surface area contributed by atoms with Crippen LogP contribution >= 0.6 is 0 Å². The van der Waals surface area contributed by atoms with E-state index in [1.165, 1.54) is 0 Å². The number of benzene rings is 1. The van der Waals surface area contributed by atoms with Crippen molar-refractivity contribution in [2.75, 3.05) is 0 Å². The predicted molar refractivity (Wildman–Crippen MR) is 39.4 cm³/mol. The molecule has 86 valence electrons. The second-order valence-corrected chi connectivity index (χ2v) is 2.78. The van der Waals surface area contributed by atoms with Crippen LogP contribution in [0.2, 0.25) is 0 Å². The molecule has 0 unspecified atom stereocenters. The molecular weight excluding hydrogens is 375 g/mol. The first-order valence-electron chi connectivity index (χ1n) is 3.68. The van der Waals surface area contributed by atoms with Gasteiger partial charge in [0.05, 0.1) is 0 Å². The summed E-state index contributed by atoms with van der Waals surface area (Å²) in [6.07, 6.45) is 0. The fourth-order valence-corrected chi connectivity index (χ4v) is 1.00. The Bertz CT molecular complexity index is 469. The molecule has 0 saturated carbocycles. The number of nitriles is 1. The third kappa shape index (κ3) is 3.02. The monoisotopic (exact) mass is 375 g/mol. The van der Waals surface area contributed by atoms with Crippen LogP contribution in [0.3, 0.4) is 0 Å². The van der Waals surface area contributed by atoms with E-state index in [1.54, 1.807) is 0 Å². The van der Waals surface area contributed by atoms with Gasteiger partial charge in [0.1, 0.15) is 11.6 Å². The van der Waals surface area contributed by atoms with Gasteiger partial charge in [0.15, 0.2) is 17.5 Å². The van der Waals surface area contributed by atoms with E-state index in [0.717, 1.165) is 0 Å². The average Bonchev–Trinajstić information content (AvgIpc) is 2.23. The van der Waals surface area contributed by atoms with Crippen LogP contribution in [-0.4, -0.2) is 6.70 Å². The SMILES string of the molecule is N#C[B-](F)(F)c1c(F)c(F)c(F)c(F)c1F.[Cs+]. The zero-order valence-electron chi connectivity index (χ0n) is 8.17. The summed E-state index contributed by atoms with van der Waals surface area (Å²) in [5.74, 6) is -12.7. The summed E-state index contributed by atoms with van der Waals surface area (Å²) >= 11 is 0. The molecule has 10 heteroatoms. The van der Waals surface area contributed by atoms with Crippen molar-refractivity contribution < 1.29 is 99.5 Å². The Hall–Kier alpha value is 0.337. The van der Waals surface area contributed by atoms with Crippen molar-refractivity contribution in [3.8, 4) is 5.97 Å². The molecule has 0 atom stereocenters. The summed E-state index contributed by atoms with van der Waals surface area (Å²) in [5.41, 5.74) is -2.39. The Morgan fingerprint density at radius 2 is 1.06 bits per heavy atom. The Labute approximate surface area is 149 Å². The van der Waals surface area contributed by atoms with Crippen LogP contribution in [0, 0.1) is 40.3 Å². The van der Waals surface area contributed by atoms with E-state index >= 15 is 0 Å². The van der Waals surface area contributed by atoms with E-state index in [4.69, 9.17) is 5.26 Å². The number of nitrogens with zero attached hydrogens (tertiary/aromatic N) is 1. The van der Waals surface area contributed by atoms with Gasteiger partial charge in [0, 0.05) is 0 Å². The Morgan fingerprint density at radius 3 is 1.35 bits per heavy atom. The standard InChI is InChI=1S/C7BF7N.Cs/c9-3-2(8(14,15)1-16)4(10)6(12)7(13)5(3)11;/q-1;+1. The van der Waals surface area contributed by atoms with Gasteiger partial charge in [-0.3, -0.25) is 0 Å². The number of hydrogen-bond acceptors (Lipinski definition) is 1. The summed E-state index contributed by atoms with van der Waals surface area (Å²) in [7, 11) is 0. The minimum Gasteiger partial charge on any atom is -0.461 e. The molecule has 0 saturated heterocycles. The summed E-state index contributed by atoms with van der Waals surface area (Å²) in [6.45, 7) is -5.48. The molecule has 1 rings (SSSR count). The maximum atomic E-state index is 12.7. The van der Waals surface area contributed by atoms with Crippen LogP contribution in [0.15, 0.2) is 0 Å². The van der Waals surface area contributed by atoms with Gasteiger partial charge < -0.3 is 8.63 Å². The van der Waals surface area contributed by atoms with Gasteiger partial charge >= 0.3 is 75.6 Å². The number of hydrogen-bond donors (Lipinski definition) is 0. The van der Waals surface area contributed by atoms with E-state index < -0.39 is 41.2 Å². The first kappa shape index (κ1) is 17.3. The molecule has 17 heavy (non-hydrogen) atoms. The smallest absolute Gasteiger partial charge is 0.461 e. The Morgan fingerprint density at radius 1 is 0.765 bits per heavy atom. The number of halogens is 7. The maximum Gasteiger partial charge on any atom is 1.00 e. The summed E-state index contributed by atoms with van der Waals surface area (Å²) < 4.78 is 88.2. The van der Waals surface area contributed by atoms with Gasteiger partial charge in [-0.25, -0.2) is 27.2 Å². The third-order valence-corrected chi connectivity index (χ3v) is 1.77. The van der Waals surface area contributed by atoms with Crippen molar-refractivity contribution in [2.45, 2.75) is 0 Å². The van der Waals surface area contributed by atoms with Gasteiger partial charge in [-0.05, 0) is 0 Å². The molecule has 0 aromatic heterocycles. The van der Waals surface area contributed by atoms with E-state index in [-0.39, 0.29) is 74.9 Å². The second kappa shape index (κ2) is 5.99. The molecule has 1 aromatic carbocycles. The topological polar surface area (TPSA) is 23.8 Å². The molecule has 0 amide bonds. The Balaban J connectivity index is 0.00000256. The molecular formula is C7BCsF7N. The van der Waals surface area contributed by atoms with Crippen LogP contribution in [0.25, 0.3) is 0 Å². The van der Waals surface area contributed by atoms with Crippen molar-refractivity contribution in [1.82, 2.24) is 0 Å². The minimum absolute atomic E-state index is 0. The first-order valence-corrected chi connectivity index (χ1v) is 3.68. The van der Waals surface area contributed by atoms with E-state index in [0.29, 0.717) is 0 Å². The van der Waals surface area contributed by atoms with Crippen molar-refractivity contribution in [3.05, 3.63) is 29.1 Å². The molecule has 0 aliphatic rings. The first-order chi connectivity index (χ1) is 7.24. The fraction of sp³-hybridized carbons (Fsp3) is 0. The van der Waals surface area contributed by atoms with Crippen molar-refractivity contribution in [3.63, 3.8) is 0 Å². The largest absolute Gasteiger partial charge is 1.00 e. The summed E-state index contributed by atoms with van der Waals surface area (Å²) in [5, 5.41) is 7.90. The fourth-order valence-electron chi connectivity index (χ4n) is 1.00.